The van der Waals surface area contributed by atoms with Crippen molar-refractivity contribution in [2.24, 2.45) is 0 Å². The summed E-state index contributed by atoms with van der Waals surface area (Å²) in [4.78, 5) is 20.7. The molecule has 100 valence electrons. The number of carboxylic acid groups (broad SMARTS) is 1. The molecule has 0 heterocycles. The summed E-state index contributed by atoms with van der Waals surface area (Å²) in [5, 5.41) is 8.38. The Kier molecular flexibility index (Phi) is 12.0. The quantitative estimate of drug-likeness (QED) is 0.611. The van der Waals surface area contributed by atoms with Gasteiger partial charge in [0.15, 0.2) is 0 Å². The Morgan fingerprint density at radius 2 is 1.63 bits per heavy atom. The van der Waals surface area contributed by atoms with Gasteiger partial charge in [0.05, 0.1) is 5.56 Å². The van der Waals surface area contributed by atoms with E-state index in [4.69, 9.17) is 5.11 Å². The Morgan fingerprint density at radius 1 is 1.05 bits per heavy atom. The van der Waals surface area contributed by atoms with Crippen molar-refractivity contribution in [1.82, 2.24) is 0 Å². The maximum atomic E-state index is 10.5. The van der Waals surface area contributed by atoms with E-state index in [1.54, 1.807) is 30.3 Å². The van der Waals surface area contributed by atoms with E-state index in [0.717, 1.165) is 40.8 Å². The van der Waals surface area contributed by atoms with Gasteiger partial charge in [-0.1, -0.05) is 18.2 Å². The van der Waals surface area contributed by atoms with E-state index in [9.17, 15) is 9.59 Å². The number of carboxylic acids is 1. The molecule has 19 heavy (non-hydrogen) atoms. The van der Waals surface area contributed by atoms with Crippen LogP contribution in [-0.2, 0) is 4.79 Å². The molecule has 0 bridgehead atoms. The fraction of sp³-hybridized carbons (Fsp3) is 0.467. The third-order valence-corrected chi connectivity index (χ3v) is 3.15. The molecule has 0 aliphatic carbocycles. The van der Waals surface area contributed by atoms with Gasteiger partial charge in [-0.2, -0.15) is 0 Å². The minimum absolute atomic E-state index is 0.331. The molecule has 0 amide bonds. The number of carbonyl (C=O) groups excluding carboxylic acids is 1. The molecule has 1 rings (SSSR count). The first kappa shape index (κ1) is 18.4. The molecule has 1 aromatic carbocycles. The first-order chi connectivity index (χ1) is 9.07. The summed E-state index contributed by atoms with van der Waals surface area (Å²) in [5.41, 5.74) is 0.331. The fourth-order valence-electron chi connectivity index (χ4n) is 1.56. The number of unbranched alkanes of at least 4 members (excludes halogenated alkanes) is 4. The van der Waals surface area contributed by atoms with Crippen LogP contribution < -0.4 is 0 Å². The van der Waals surface area contributed by atoms with Gasteiger partial charge in [0.2, 0.25) is 0 Å². The number of carbonyl (C=O) groups is 2. The zero-order chi connectivity index (χ0) is 14.5. The van der Waals surface area contributed by atoms with Crippen molar-refractivity contribution in [3.63, 3.8) is 0 Å². The van der Waals surface area contributed by atoms with Crippen molar-refractivity contribution in [3.05, 3.63) is 35.9 Å². The van der Waals surface area contributed by atoms with Gasteiger partial charge in [-0.15, -0.1) is 0 Å². The number of aromatic carboxylic acids is 1. The summed E-state index contributed by atoms with van der Waals surface area (Å²) in [6, 6.07) is 8.30. The van der Waals surface area contributed by atoms with Crippen LogP contribution in [0.1, 0.15) is 55.8 Å². The Balaban J connectivity index is 0.000000342. The molecule has 0 radical (unpaired) electrons. The average molecular weight is 272 g/mol. The second kappa shape index (κ2) is 12.4. The topological polar surface area (TPSA) is 54.4 Å². The molecule has 0 aliphatic rings. The third-order valence-electron chi connectivity index (χ3n) is 2.65. The SMILES string of the molecule is CCCCCCC[C](=O)[Na].O=C(O)c1ccccc1. The van der Waals surface area contributed by atoms with Crippen LogP contribution in [0.15, 0.2) is 30.3 Å². The van der Waals surface area contributed by atoms with Crippen molar-refractivity contribution in [2.45, 2.75) is 45.4 Å². The van der Waals surface area contributed by atoms with Gasteiger partial charge in [0.25, 0.3) is 0 Å². The van der Waals surface area contributed by atoms with E-state index < -0.39 is 5.97 Å². The molecule has 0 spiro atoms. The third kappa shape index (κ3) is 12.2. The summed E-state index contributed by atoms with van der Waals surface area (Å²) in [5.74, 6) is -0.879. The maximum Gasteiger partial charge on any atom is 0.335 e. The molecule has 4 heteroatoms. The van der Waals surface area contributed by atoms with Crippen LogP contribution in [0.5, 0.6) is 0 Å². The van der Waals surface area contributed by atoms with Crippen molar-refractivity contribution in [2.75, 3.05) is 0 Å². The van der Waals surface area contributed by atoms with Crippen molar-refractivity contribution in [1.29, 1.82) is 0 Å². The van der Waals surface area contributed by atoms with E-state index in [-0.39, 0.29) is 0 Å². The zero-order valence-corrected chi connectivity index (χ0v) is 13.9. The van der Waals surface area contributed by atoms with Gasteiger partial charge < -0.3 is 5.11 Å². The van der Waals surface area contributed by atoms with Gasteiger partial charge in [-0.3, -0.25) is 0 Å². The molecule has 0 unspecified atom stereocenters. The van der Waals surface area contributed by atoms with Crippen LogP contribution in [0.2, 0.25) is 0 Å². The van der Waals surface area contributed by atoms with Crippen LogP contribution in [0.4, 0.5) is 0 Å². The van der Waals surface area contributed by atoms with E-state index >= 15 is 0 Å². The molecule has 0 fully saturated rings. The number of benzene rings is 1. The van der Waals surface area contributed by atoms with Crippen molar-refractivity contribution >= 4 is 36.9 Å². The van der Waals surface area contributed by atoms with Gasteiger partial charge in [-0.05, 0) is 12.1 Å². The Labute approximate surface area is 132 Å². The molecule has 0 atom stereocenters. The standard InChI is InChI=1S/C8H15O.C7H6O2.Na/c1-2-3-4-5-6-7-8-9;8-7(9)6-4-2-1-3-5-6;/h2-7H2,1H3;1-5H,(H,8,9);. The second-order valence-electron chi connectivity index (χ2n) is 4.54. The molecule has 1 aromatic rings. The molecular formula is C15H21NaO3. The van der Waals surface area contributed by atoms with Crippen molar-refractivity contribution in [3.8, 4) is 0 Å². The summed E-state index contributed by atoms with van der Waals surface area (Å²) < 4.78 is 0.469. The van der Waals surface area contributed by atoms with E-state index in [1.165, 1.54) is 25.7 Å². The smallest absolute Gasteiger partial charge is 0.335 e. The van der Waals surface area contributed by atoms with Gasteiger partial charge >= 0.3 is 87.2 Å². The average Bonchev–Trinajstić information content (AvgIpc) is 2.40. The van der Waals surface area contributed by atoms with Crippen LogP contribution in [0.25, 0.3) is 0 Å². The van der Waals surface area contributed by atoms with Gasteiger partial charge in [0, 0.05) is 0 Å². The first-order valence-electron chi connectivity index (χ1n) is 6.85. The number of rotatable bonds is 7. The molecule has 3 nitrogen and oxygen atoms in total. The Bertz CT molecular complexity index is 363. The Morgan fingerprint density at radius 3 is 2.05 bits per heavy atom. The van der Waals surface area contributed by atoms with Gasteiger partial charge in [-0.25, -0.2) is 4.79 Å². The molecule has 0 aromatic heterocycles. The van der Waals surface area contributed by atoms with E-state index in [2.05, 4.69) is 6.92 Å². The van der Waals surface area contributed by atoms with Crippen LogP contribution in [0, 0.1) is 0 Å². The van der Waals surface area contributed by atoms with Crippen LogP contribution >= 0.6 is 0 Å². The summed E-state index contributed by atoms with van der Waals surface area (Å²) in [7, 11) is 0. The molecule has 1 N–H and O–H groups in total. The van der Waals surface area contributed by atoms with Crippen LogP contribution in [-0.4, -0.2) is 42.0 Å². The monoisotopic (exact) mass is 272 g/mol. The second-order valence-corrected chi connectivity index (χ2v) is 5.65. The van der Waals surface area contributed by atoms with Crippen LogP contribution in [0.3, 0.4) is 0 Å². The molecule has 0 saturated heterocycles. The number of hydrogen-bond donors (Lipinski definition) is 1. The predicted molar refractivity (Wildman–Crippen MR) is 77.5 cm³/mol. The summed E-state index contributed by atoms with van der Waals surface area (Å²) in [6.07, 6.45) is 7.15. The summed E-state index contributed by atoms with van der Waals surface area (Å²) >= 11 is 0.749. The molecule has 0 saturated carbocycles. The fourth-order valence-corrected chi connectivity index (χ4v) is 1.91. The number of hydrogen-bond acceptors (Lipinski definition) is 2. The summed E-state index contributed by atoms with van der Waals surface area (Å²) in [6.45, 7) is 2.21. The van der Waals surface area contributed by atoms with E-state index in [0.29, 0.717) is 8.60 Å². The maximum absolute atomic E-state index is 10.5. The molecule has 0 aliphatic heterocycles. The predicted octanol–water partition coefficient (Wildman–Crippen LogP) is 3.43. The minimum Gasteiger partial charge on any atom is -0.478 e. The first-order valence-corrected chi connectivity index (χ1v) is 7.85. The van der Waals surface area contributed by atoms with Gasteiger partial charge in [0.1, 0.15) is 0 Å². The Hall–Kier alpha value is -0.640. The largest absolute Gasteiger partial charge is 0.478 e. The normalized spacial score (nSPS) is 9.42. The zero-order valence-electron chi connectivity index (χ0n) is 11.9. The van der Waals surface area contributed by atoms with E-state index in [1.807, 2.05) is 0 Å². The molecular weight excluding hydrogens is 251 g/mol. The minimum atomic E-state index is -0.879. The van der Waals surface area contributed by atoms with Crippen molar-refractivity contribution < 1.29 is 14.7 Å².